The number of piperidine rings is 1. The quantitative estimate of drug-likeness (QED) is 0.630. The highest BCUT2D eigenvalue weighted by molar-refractivity contribution is 5.75. The van der Waals surface area contributed by atoms with E-state index in [4.69, 9.17) is 5.73 Å². The minimum Gasteiger partial charge on any atom is -0.343 e. The Morgan fingerprint density at radius 3 is 2.42 bits per heavy atom. The summed E-state index contributed by atoms with van der Waals surface area (Å²) in [5.74, 6) is 0.255. The molecule has 0 saturated carbocycles. The maximum Gasteiger partial charge on any atom is 0.222 e. The van der Waals surface area contributed by atoms with Crippen LogP contribution in [0.1, 0.15) is 33.1 Å². The molecule has 1 amide bonds. The van der Waals surface area contributed by atoms with Crippen molar-refractivity contribution in [3.05, 3.63) is 0 Å². The van der Waals surface area contributed by atoms with Crippen molar-refractivity contribution < 1.29 is 4.79 Å². The second-order valence-electron chi connectivity index (χ2n) is 3.89. The lowest BCUT2D eigenvalue weighted by atomic mass is 9.91. The van der Waals surface area contributed by atoms with E-state index in [9.17, 15) is 4.79 Å². The standard InChI is InChI=1S/C9H18N2O/c1-3-8(12)11-6-4-9(2,10)5-7-11/h3-7,10H2,1-2H3. The number of nitrogens with two attached hydrogens (primary N) is 1. The van der Waals surface area contributed by atoms with Crippen LogP contribution in [-0.2, 0) is 4.79 Å². The Morgan fingerprint density at radius 2 is 2.00 bits per heavy atom. The smallest absolute Gasteiger partial charge is 0.222 e. The van der Waals surface area contributed by atoms with Gasteiger partial charge in [0.15, 0.2) is 0 Å². The summed E-state index contributed by atoms with van der Waals surface area (Å²) >= 11 is 0. The summed E-state index contributed by atoms with van der Waals surface area (Å²) in [5, 5.41) is 0. The predicted molar refractivity (Wildman–Crippen MR) is 48.7 cm³/mol. The molecule has 1 rings (SSSR count). The van der Waals surface area contributed by atoms with Gasteiger partial charge in [-0.05, 0) is 19.8 Å². The number of carbonyl (C=O) groups excluding carboxylic acids is 1. The summed E-state index contributed by atoms with van der Waals surface area (Å²) < 4.78 is 0. The Morgan fingerprint density at radius 1 is 1.50 bits per heavy atom. The summed E-state index contributed by atoms with van der Waals surface area (Å²) in [7, 11) is 0. The molecule has 3 heteroatoms. The van der Waals surface area contributed by atoms with Crippen LogP contribution >= 0.6 is 0 Å². The first-order valence-electron chi connectivity index (χ1n) is 4.62. The molecule has 0 atom stereocenters. The SMILES string of the molecule is CCC(=O)N1CCC(C)(N)CC1. The molecule has 0 spiro atoms. The molecule has 0 radical (unpaired) electrons. The van der Waals surface area contributed by atoms with E-state index in [-0.39, 0.29) is 11.4 Å². The van der Waals surface area contributed by atoms with Crippen molar-refractivity contribution in [2.24, 2.45) is 5.73 Å². The fourth-order valence-electron chi connectivity index (χ4n) is 1.49. The average molecular weight is 170 g/mol. The molecule has 0 aromatic carbocycles. The molecular weight excluding hydrogens is 152 g/mol. The summed E-state index contributed by atoms with van der Waals surface area (Å²) in [6.45, 7) is 5.62. The average Bonchev–Trinajstić information content (AvgIpc) is 2.03. The summed E-state index contributed by atoms with van der Waals surface area (Å²) in [6, 6.07) is 0. The zero-order chi connectivity index (χ0) is 9.19. The van der Waals surface area contributed by atoms with E-state index in [1.807, 2.05) is 11.8 Å². The second-order valence-corrected chi connectivity index (χ2v) is 3.89. The molecule has 2 N–H and O–H groups in total. The first-order chi connectivity index (χ1) is 5.55. The lowest BCUT2D eigenvalue weighted by Gasteiger charge is -2.36. The van der Waals surface area contributed by atoms with Crippen LogP contribution in [0.25, 0.3) is 0 Å². The minimum absolute atomic E-state index is 0.0511. The third kappa shape index (κ3) is 2.21. The Bertz CT molecular complexity index is 167. The molecule has 1 aliphatic heterocycles. The molecule has 0 aromatic heterocycles. The van der Waals surface area contributed by atoms with Gasteiger partial charge in [-0.15, -0.1) is 0 Å². The molecule has 3 nitrogen and oxygen atoms in total. The first kappa shape index (κ1) is 9.52. The normalized spacial score (nSPS) is 22.4. The number of hydrogen-bond donors (Lipinski definition) is 1. The monoisotopic (exact) mass is 170 g/mol. The molecule has 0 aromatic rings. The largest absolute Gasteiger partial charge is 0.343 e. The van der Waals surface area contributed by atoms with Crippen LogP contribution in [0.15, 0.2) is 0 Å². The lowest BCUT2D eigenvalue weighted by Crippen LogP contribution is -2.49. The topological polar surface area (TPSA) is 46.3 Å². The van der Waals surface area contributed by atoms with Crippen molar-refractivity contribution in [2.45, 2.75) is 38.6 Å². The Kier molecular flexibility index (Phi) is 2.73. The maximum atomic E-state index is 11.3. The number of likely N-dealkylation sites (tertiary alicyclic amines) is 1. The lowest BCUT2D eigenvalue weighted by molar-refractivity contribution is -0.132. The van der Waals surface area contributed by atoms with Crippen LogP contribution in [-0.4, -0.2) is 29.4 Å². The molecule has 0 bridgehead atoms. The summed E-state index contributed by atoms with van der Waals surface area (Å²) in [6.07, 6.45) is 2.47. The van der Waals surface area contributed by atoms with Crippen LogP contribution in [0.5, 0.6) is 0 Å². The third-order valence-corrected chi connectivity index (χ3v) is 2.56. The first-order valence-corrected chi connectivity index (χ1v) is 4.62. The Hall–Kier alpha value is -0.570. The van der Waals surface area contributed by atoms with Crippen molar-refractivity contribution in [3.8, 4) is 0 Å². The molecule has 1 heterocycles. The Balaban J connectivity index is 2.41. The number of carbonyl (C=O) groups is 1. The van der Waals surface area contributed by atoms with E-state index in [1.165, 1.54) is 0 Å². The Labute approximate surface area is 73.9 Å². The molecule has 1 fully saturated rings. The van der Waals surface area contributed by atoms with Gasteiger partial charge in [0.05, 0.1) is 0 Å². The predicted octanol–water partition coefficient (Wildman–Crippen LogP) is 0.736. The van der Waals surface area contributed by atoms with E-state index in [0.717, 1.165) is 25.9 Å². The third-order valence-electron chi connectivity index (χ3n) is 2.56. The van der Waals surface area contributed by atoms with E-state index in [0.29, 0.717) is 6.42 Å². The van der Waals surface area contributed by atoms with E-state index >= 15 is 0 Å². The van der Waals surface area contributed by atoms with Gasteiger partial charge in [-0.1, -0.05) is 6.92 Å². The van der Waals surface area contributed by atoms with Crippen LogP contribution in [0.3, 0.4) is 0 Å². The summed E-state index contributed by atoms with van der Waals surface area (Å²) in [5.41, 5.74) is 5.89. The van der Waals surface area contributed by atoms with E-state index in [1.54, 1.807) is 0 Å². The zero-order valence-electron chi connectivity index (χ0n) is 7.97. The van der Waals surface area contributed by atoms with Crippen molar-refractivity contribution in [2.75, 3.05) is 13.1 Å². The number of hydrogen-bond acceptors (Lipinski definition) is 2. The van der Waals surface area contributed by atoms with Gasteiger partial charge in [0, 0.05) is 25.0 Å². The van der Waals surface area contributed by atoms with Gasteiger partial charge in [0.2, 0.25) is 5.91 Å². The molecule has 1 saturated heterocycles. The maximum absolute atomic E-state index is 11.3. The minimum atomic E-state index is -0.0511. The molecular formula is C9H18N2O. The van der Waals surface area contributed by atoms with Crippen molar-refractivity contribution >= 4 is 5.91 Å². The van der Waals surface area contributed by atoms with Gasteiger partial charge in [0.1, 0.15) is 0 Å². The fraction of sp³-hybridized carbons (Fsp3) is 0.889. The van der Waals surface area contributed by atoms with Crippen molar-refractivity contribution in [3.63, 3.8) is 0 Å². The molecule has 70 valence electrons. The van der Waals surface area contributed by atoms with Crippen molar-refractivity contribution in [1.29, 1.82) is 0 Å². The molecule has 1 aliphatic rings. The van der Waals surface area contributed by atoms with Gasteiger partial charge in [-0.25, -0.2) is 0 Å². The fourth-order valence-corrected chi connectivity index (χ4v) is 1.49. The van der Waals surface area contributed by atoms with Gasteiger partial charge in [0.25, 0.3) is 0 Å². The second kappa shape index (κ2) is 3.44. The number of rotatable bonds is 1. The van der Waals surface area contributed by atoms with Crippen molar-refractivity contribution in [1.82, 2.24) is 4.90 Å². The van der Waals surface area contributed by atoms with Gasteiger partial charge in [-0.2, -0.15) is 0 Å². The molecule has 0 aliphatic carbocycles. The van der Waals surface area contributed by atoms with Gasteiger partial charge >= 0.3 is 0 Å². The summed E-state index contributed by atoms with van der Waals surface area (Å²) in [4.78, 5) is 13.2. The zero-order valence-corrected chi connectivity index (χ0v) is 7.97. The number of amides is 1. The van der Waals surface area contributed by atoms with E-state index in [2.05, 4.69) is 6.92 Å². The van der Waals surface area contributed by atoms with Crippen LogP contribution in [0.2, 0.25) is 0 Å². The van der Waals surface area contributed by atoms with Crippen LogP contribution in [0.4, 0.5) is 0 Å². The molecule has 12 heavy (non-hydrogen) atoms. The highest BCUT2D eigenvalue weighted by Gasteiger charge is 2.27. The van der Waals surface area contributed by atoms with Crippen LogP contribution < -0.4 is 5.73 Å². The number of nitrogens with zero attached hydrogens (tertiary/aromatic N) is 1. The highest BCUT2D eigenvalue weighted by Crippen LogP contribution is 2.18. The van der Waals surface area contributed by atoms with Gasteiger partial charge < -0.3 is 10.6 Å². The van der Waals surface area contributed by atoms with Gasteiger partial charge in [-0.3, -0.25) is 4.79 Å². The van der Waals surface area contributed by atoms with E-state index < -0.39 is 0 Å². The highest BCUT2D eigenvalue weighted by atomic mass is 16.2. The van der Waals surface area contributed by atoms with Crippen LogP contribution in [0, 0.1) is 0 Å². The molecule has 0 unspecified atom stereocenters.